The van der Waals surface area contributed by atoms with Crippen molar-refractivity contribution in [3.8, 4) is 44.6 Å². The molecule has 4 nitrogen and oxygen atoms in total. The number of para-hydroxylation sites is 2. The van der Waals surface area contributed by atoms with Crippen LogP contribution in [0.2, 0.25) is 0 Å². The molecule has 0 N–H and O–H groups in total. The lowest BCUT2D eigenvalue weighted by atomic mass is 9.98. The minimum Gasteiger partial charge on any atom is -0.455 e. The maximum atomic E-state index is 6.29. The van der Waals surface area contributed by atoms with Crippen LogP contribution in [0.3, 0.4) is 0 Å². The highest BCUT2D eigenvalue weighted by Crippen LogP contribution is 2.41. The van der Waals surface area contributed by atoms with Crippen molar-refractivity contribution in [3.63, 3.8) is 0 Å². The summed E-state index contributed by atoms with van der Waals surface area (Å²) >= 11 is 1.85. The molecule has 0 saturated heterocycles. The molecular weight excluding hydrogens is 645 g/mol. The van der Waals surface area contributed by atoms with Crippen molar-refractivity contribution in [1.82, 2.24) is 9.97 Å². The lowest BCUT2D eigenvalue weighted by Crippen LogP contribution is -1.87. The summed E-state index contributed by atoms with van der Waals surface area (Å²) in [5.74, 6) is 0. The first kappa shape index (κ1) is 28.3. The third-order valence-electron chi connectivity index (χ3n) is 10.0. The number of fused-ring (bicyclic) bond motifs is 9. The molecule has 0 radical (unpaired) electrons. The van der Waals surface area contributed by atoms with Crippen LogP contribution in [0.15, 0.2) is 167 Å². The van der Waals surface area contributed by atoms with Crippen LogP contribution in [0, 0.1) is 0 Å². The molecule has 0 aliphatic rings. The summed E-state index contributed by atoms with van der Waals surface area (Å²) in [5.41, 5.74) is 12.5. The maximum Gasteiger partial charge on any atom is 0.246 e. The van der Waals surface area contributed by atoms with Gasteiger partial charge in [-0.1, -0.05) is 127 Å². The molecule has 0 amide bonds. The maximum absolute atomic E-state index is 6.29. The zero-order chi connectivity index (χ0) is 33.5. The quantitative estimate of drug-likeness (QED) is 0.187. The van der Waals surface area contributed by atoms with Gasteiger partial charge in [0.25, 0.3) is 0 Å². The smallest absolute Gasteiger partial charge is 0.246 e. The van der Waals surface area contributed by atoms with Gasteiger partial charge in [-0.05, 0) is 52.1 Å². The summed E-state index contributed by atoms with van der Waals surface area (Å²) in [5, 5.41) is 5.83. The number of hydrogen-bond donors (Lipinski definition) is 0. The molecule has 0 fully saturated rings. The van der Waals surface area contributed by atoms with Crippen molar-refractivity contribution in [2.75, 3.05) is 0 Å². The van der Waals surface area contributed by atoms with E-state index in [9.17, 15) is 0 Å². The van der Waals surface area contributed by atoms with E-state index >= 15 is 0 Å². The van der Waals surface area contributed by atoms with Gasteiger partial charge in [-0.15, -0.1) is 11.3 Å². The van der Waals surface area contributed by atoms with Crippen LogP contribution in [-0.4, -0.2) is 9.97 Å². The average molecular weight is 671 g/mol. The first-order valence-electron chi connectivity index (χ1n) is 17.0. The van der Waals surface area contributed by atoms with Crippen molar-refractivity contribution in [3.05, 3.63) is 158 Å². The first-order valence-corrected chi connectivity index (χ1v) is 17.8. The lowest BCUT2D eigenvalue weighted by molar-refractivity contribution is 0.653. The number of rotatable bonds is 4. The summed E-state index contributed by atoms with van der Waals surface area (Å²) in [6.45, 7) is 0. The van der Waals surface area contributed by atoms with Crippen LogP contribution in [0.4, 0.5) is 0 Å². The molecule has 0 aliphatic carbocycles. The number of hydrogen-bond acceptors (Lipinski definition) is 5. The van der Waals surface area contributed by atoms with Gasteiger partial charge in [-0.2, -0.15) is 0 Å². The van der Waals surface area contributed by atoms with Crippen LogP contribution < -0.4 is 0 Å². The highest BCUT2D eigenvalue weighted by molar-refractivity contribution is 7.26. The Hall–Kier alpha value is -6.56. The summed E-state index contributed by atoms with van der Waals surface area (Å²) in [6.07, 6.45) is 1.85. The van der Waals surface area contributed by atoms with Crippen LogP contribution in [0.25, 0.3) is 109 Å². The number of aromatic nitrogens is 2. The molecule has 0 unspecified atom stereocenters. The molecule has 51 heavy (non-hydrogen) atoms. The van der Waals surface area contributed by atoms with E-state index in [1.54, 1.807) is 0 Å². The highest BCUT2D eigenvalue weighted by Gasteiger charge is 2.16. The Balaban J connectivity index is 0.905. The molecule has 0 atom stereocenters. The topological polar surface area (TPSA) is 52.1 Å². The fraction of sp³-hybridized carbons (Fsp3) is 0. The molecule has 11 aromatic rings. The average Bonchev–Trinajstić information content (AvgIpc) is 3.89. The minimum atomic E-state index is 0.535. The molecule has 0 bridgehead atoms. The Morgan fingerprint density at radius 3 is 1.96 bits per heavy atom. The number of thiophene rings is 1. The molecule has 238 valence electrons. The monoisotopic (exact) mass is 670 g/mol. The molecular formula is C46H26N2O2S. The van der Waals surface area contributed by atoms with Crippen LogP contribution in [0.5, 0.6) is 0 Å². The lowest BCUT2D eigenvalue weighted by Gasteiger charge is -2.06. The van der Waals surface area contributed by atoms with E-state index in [1.807, 2.05) is 35.7 Å². The first-order chi connectivity index (χ1) is 25.2. The van der Waals surface area contributed by atoms with Gasteiger partial charge in [0.1, 0.15) is 22.3 Å². The van der Waals surface area contributed by atoms with Gasteiger partial charge in [0, 0.05) is 47.5 Å². The highest BCUT2D eigenvalue weighted by atomic mass is 32.1. The second-order valence-corrected chi connectivity index (χ2v) is 14.0. The summed E-state index contributed by atoms with van der Waals surface area (Å²) < 4.78 is 15.1. The van der Waals surface area contributed by atoms with E-state index in [0.717, 1.165) is 71.9 Å². The largest absolute Gasteiger partial charge is 0.455 e. The van der Waals surface area contributed by atoms with E-state index in [-0.39, 0.29) is 0 Å². The SMILES string of the molecule is c1ccc2c(c1)oc1c(-c3ccc(-c4ccc5oc6nc(-c7ccc(-c8cccc9c8sc8ccccc89)cc7)cnc6c5c4)cc3)cccc12. The van der Waals surface area contributed by atoms with E-state index in [1.165, 1.54) is 31.3 Å². The van der Waals surface area contributed by atoms with Crippen molar-refractivity contribution in [1.29, 1.82) is 0 Å². The Morgan fingerprint density at radius 1 is 0.451 bits per heavy atom. The van der Waals surface area contributed by atoms with Gasteiger partial charge in [0.15, 0.2) is 0 Å². The third-order valence-corrected chi connectivity index (χ3v) is 11.2. The van der Waals surface area contributed by atoms with Crippen molar-refractivity contribution < 1.29 is 8.83 Å². The van der Waals surface area contributed by atoms with E-state index in [4.69, 9.17) is 18.8 Å². The van der Waals surface area contributed by atoms with Gasteiger partial charge < -0.3 is 8.83 Å². The Morgan fingerprint density at radius 2 is 1.10 bits per heavy atom. The molecule has 4 aromatic heterocycles. The van der Waals surface area contributed by atoms with E-state index < -0.39 is 0 Å². The zero-order valence-electron chi connectivity index (χ0n) is 27.1. The fourth-order valence-corrected chi connectivity index (χ4v) is 8.70. The molecule has 0 aliphatic heterocycles. The van der Waals surface area contributed by atoms with Crippen molar-refractivity contribution in [2.24, 2.45) is 0 Å². The zero-order valence-corrected chi connectivity index (χ0v) is 27.9. The van der Waals surface area contributed by atoms with Crippen molar-refractivity contribution in [2.45, 2.75) is 0 Å². The Bertz CT molecular complexity index is 3130. The Kier molecular flexibility index (Phi) is 6.09. The van der Waals surface area contributed by atoms with Gasteiger partial charge in [0.2, 0.25) is 5.71 Å². The number of benzene rings is 7. The minimum absolute atomic E-state index is 0.535. The van der Waals surface area contributed by atoms with Crippen LogP contribution in [-0.2, 0) is 0 Å². The second kappa shape index (κ2) is 11.0. The Labute approximate surface area is 295 Å². The van der Waals surface area contributed by atoms with Gasteiger partial charge in [-0.3, -0.25) is 0 Å². The fourth-order valence-electron chi connectivity index (χ4n) is 7.47. The van der Waals surface area contributed by atoms with Gasteiger partial charge in [0.05, 0.1) is 11.9 Å². The summed E-state index contributed by atoms with van der Waals surface area (Å²) in [4.78, 5) is 9.78. The second-order valence-electron chi connectivity index (χ2n) is 12.9. The van der Waals surface area contributed by atoms with E-state index in [2.05, 4.69) is 133 Å². The number of furan rings is 2. The summed E-state index contributed by atoms with van der Waals surface area (Å²) in [7, 11) is 0. The van der Waals surface area contributed by atoms with Gasteiger partial charge >= 0.3 is 0 Å². The normalized spacial score (nSPS) is 11.9. The standard InChI is InChI=1S/C46H26N2O2S/c1-3-13-40-34(7-1)36-11-5-9-32(44(36)49-40)28-17-15-27(16-18-28)31-23-24-41-38(25-31)43-46(50-41)48-39(26-47-43)30-21-19-29(20-22-30)33-10-6-12-37-35-8-2-4-14-42(35)51-45(33)37/h1-26H. The molecule has 5 heteroatoms. The number of nitrogens with zero attached hydrogens (tertiary/aromatic N) is 2. The van der Waals surface area contributed by atoms with Crippen LogP contribution >= 0.6 is 11.3 Å². The van der Waals surface area contributed by atoms with Crippen molar-refractivity contribution >= 4 is 75.6 Å². The third kappa shape index (κ3) is 4.45. The van der Waals surface area contributed by atoms with Gasteiger partial charge in [-0.25, -0.2) is 9.97 Å². The molecule has 0 saturated carbocycles. The molecule has 0 spiro atoms. The molecule has 4 heterocycles. The predicted molar refractivity (Wildman–Crippen MR) is 211 cm³/mol. The van der Waals surface area contributed by atoms with Crippen LogP contribution in [0.1, 0.15) is 0 Å². The predicted octanol–water partition coefficient (Wildman–Crippen LogP) is 13.3. The molecule has 7 aromatic carbocycles. The molecule has 11 rings (SSSR count). The van der Waals surface area contributed by atoms with E-state index in [0.29, 0.717) is 5.71 Å². The summed E-state index contributed by atoms with van der Waals surface area (Å²) in [6, 6.07) is 53.2.